The van der Waals surface area contributed by atoms with Crippen LogP contribution in [0.4, 0.5) is 4.39 Å². The second-order valence-electron chi connectivity index (χ2n) is 4.95. The highest BCUT2D eigenvalue weighted by Gasteiger charge is 2.28. The Morgan fingerprint density at radius 1 is 1.33 bits per heavy atom. The fourth-order valence-corrected chi connectivity index (χ4v) is 3.47. The number of nitriles is 1. The van der Waals surface area contributed by atoms with Crippen molar-refractivity contribution in [2.45, 2.75) is 17.7 Å². The summed E-state index contributed by atoms with van der Waals surface area (Å²) in [6, 6.07) is 8.32. The maximum absolute atomic E-state index is 12.9. The van der Waals surface area contributed by atoms with Crippen LogP contribution in [0.25, 0.3) is 0 Å². The third-order valence-electron chi connectivity index (χ3n) is 3.52. The second-order valence-corrected chi connectivity index (χ2v) is 6.04. The lowest BCUT2D eigenvalue weighted by Gasteiger charge is -2.27. The Kier molecular flexibility index (Phi) is 5.82. The first kappa shape index (κ1) is 15.6. The van der Waals surface area contributed by atoms with Crippen molar-refractivity contribution in [3.05, 3.63) is 42.2 Å². The molecule has 0 unspecified atom stereocenters. The van der Waals surface area contributed by atoms with Crippen LogP contribution < -0.4 is 5.32 Å². The monoisotopic (exact) mass is 304 g/mol. The summed E-state index contributed by atoms with van der Waals surface area (Å²) in [5.41, 5.74) is 0. The summed E-state index contributed by atoms with van der Waals surface area (Å²) in [5, 5.41) is 11.2. The van der Waals surface area contributed by atoms with Gasteiger partial charge in [0.1, 0.15) is 12.4 Å². The van der Waals surface area contributed by atoms with E-state index >= 15 is 0 Å². The zero-order chi connectivity index (χ0) is 15.1. The molecule has 5 heteroatoms. The molecule has 2 atom stereocenters. The van der Waals surface area contributed by atoms with Gasteiger partial charge in [0, 0.05) is 16.6 Å². The second kappa shape index (κ2) is 7.84. The van der Waals surface area contributed by atoms with E-state index in [9.17, 15) is 9.18 Å². The van der Waals surface area contributed by atoms with Gasteiger partial charge in [0.05, 0.1) is 6.07 Å². The van der Waals surface area contributed by atoms with E-state index in [-0.39, 0.29) is 30.1 Å². The van der Waals surface area contributed by atoms with Crippen LogP contribution in [0.15, 0.2) is 41.3 Å². The molecular formula is C16H17FN2OS. The van der Waals surface area contributed by atoms with Crippen molar-refractivity contribution in [2.75, 3.05) is 12.3 Å². The SMILES string of the molecule is N#CCNC(=O)[C@H]1CC=CC[C@@H]1CSc1ccc(F)cc1. The van der Waals surface area contributed by atoms with Crippen molar-refractivity contribution in [1.82, 2.24) is 5.32 Å². The molecule has 0 heterocycles. The van der Waals surface area contributed by atoms with E-state index in [0.717, 1.165) is 17.1 Å². The highest BCUT2D eigenvalue weighted by atomic mass is 32.2. The molecule has 110 valence electrons. The largest absolute Gasteiger partial charge is 0.343 e. The van der Waals surface area contributed by atoms with Gasteiger partial charge in [0.25, 0.3) is 0 Å². The first-order valence-electron chi connectivity index (χ1n) is 6.88. The number of benzene rings is 1. The smallest absolute Gasteiger partial charge is 0.224 e. The number of thioether (sulfide) groups is 1. The molecule has 1 aliphatic carbocycles. The van der Waals surface area contributed by atoms with E-state index in [1.807, 2.05) is 12.1 Å². The van der Waals surface area contributed by atoms with E-state index in [1.54, 1.807) is 23.9 Å². The Balaban J connectivity index is 1.93. The zero-order valence-electron chi connectivity index (χ0n) is 11.6. The normalized spacial score (nSPS) is 20.8. The number of nitrogens with one attached hydrogen (secondary N) is 1. The summed E-state index contributed by atoms with van der Waals surface area (Å²) in [6.45, 7) is 0.0525. The molecule has 0 saturated carbocycles. The van der Waals surface area contributed by atoms with Crippen molar-refractivity contribution in [2.24, 2.45) is 11.8 Å². The molecule has 3 nitrogen and oxygen atoms in total. The Morgan fingerprint density at radius 2 is 2.05 bits per heavy atom. The summed E-state index contributed by atoms with van der Waals surface area (Å²) in [4.78, 5) is 13.1. The zero-order valence-corrected chi connectivity index (χ0v) is 12.4. The first-order chi connectivity index (χ1) is 10.2. The average Bonchev–Trinajstić information content (AvgIpc) is 2.52. The van der Waals surface area contributed by atoms with Crippen LogP contribution >= 0.6 is 11.8 Å². The molecular weight excluding hydrogens is 287 g/mol. The number of rotatable bonds is 5. The van der Waals surface area contributed by atoms with Gasteiger partial charge < -0.3 is 5.32 Å². The van der Waals surface area contributed by atoms with E-state index in [0.29, 0.717) is 6.42 Å². The molecule has 0 fully saturated rings. The van der Waals surface area contributed by atoms with E-state index in [4.69, 9.17) is 5.26 Å². The number of hydrogen-bond donors (Lipinski definition) is 1. The van der Waals surface area contributed by atoms with Gasteiger partial charge in [0.15, 0.2) is 0 Å². The van der Waals surface area contributed by atoms with Gasteiger partial charge in [0.2, 0.25) is 5.91 Å². The number of allylic oxidation sites excluding steroid dienone is 2. The van der Waals surface area contributed by atoms with Crippen LogP contribution in [-0.4, -0.2) is 18.2 Å². The molecule has 0 bridgehead atoms. The molecule has 1 aromatic rings. The maximum atomic E-state index is 12.9. The number of carbonyl (C=O) groups excluding carboxylic acids is 1. The van der Waals surface area contributed by atoms with E-state index in [2.05, 4.69) is 11.4 Å². The number of nitrogens with zero attached hydrogens (tertiary/aromatic N) is 1. The van der Waals surface area contributed by atoms with Crippen molar-refractivity contribution in [1.29, 1.82) is 5.26 Å². The third-order valence-corrected chi connectivity index (χ3v) is 4.72. The minimum absolute atomic E-state index is 0.0504. The molecule has 1 amide bonds. The van der Waals surface area contributed by atoms with Crippen LogP contribution in [0.5, 0.6) is 0 Å². The van der Waals surface area contributed by atoms with Gasteiger partial charge in [-0.2, -0.15) is 5.26 Å². The predicted molar refractivity (Wildman–Crippen MR) is 81.1 cm³/mol. The minimum atomic E-state index is -0.242. The number of hydrogen-bond acceptors (Lipinski definition) is 3. The van der Waals surface area contributed by atoms with Crippen LogP contribution in [0, 0.1) is 29.0 Å². The molecule has 2 rings (SSSR count). The summed E-state index contributed by atoms with van der Waals surface area (Å²) in [7, 11) is 0. The van der Waals surface area contributed by atoms with Gasteiger partial charge >= 0.3 is 0 Å². The average molecular weight is 304 g/mol. The van der Waals surface area contributed by atoms with Gasteiger partial charge in [-0.1, -0.05) is 12.2 Å². The molecule has 0 radical (unpaired) electrons. The predicted octanol–water partition coefficient (Wildman–Crippen LogP) is 3.14. The summed E-state index contributed by atoms with van der Waals surface area (Å²) in [5.74, 6) is 0.667. The first-order valence-corrected chi connectivity index (χ1v) is 7.87. The van der Waals surface area contributed by atoms with Gasteiger partial charge in [-0.15, -0.1) is 11.8 Å². The summed E-state index contributed by atoms with van der Waals surface area (Å²) < 4.78 is 12.9. The fourth-order valence-electron chi connectivity index (χ4n) is 2.37. The lowest BCUT2D eigenvalue weighted by Crippen LogP contribution is -2.36. The van der Waals surface area contributed by atoms with Crippen LogP contribution in [0.1, 0.15) is 12.8 Å². The standard InChI is InChI=1S/C16H17FN2OS/c17-13-5-7-14(8-6-13)21-11-12-3-1-2-4-15(12)16(20)19-10-9-18/h1-2,5-8,12,15H,3-4,10-11H2,(H,19,20)/t12-,15+/m1/s1. The van der Waals surface area contributed by atoms with Crippen molar-refractivity contribution in [3.63, 3.8) is 0 Å². The highest BCUT2D eigenvalue weighted by molar-refractivity contribution is 7.99. The maximum Gasteiger partial charge on any atom is 0.224 e. The Bertz CT molecular complexity index is 550. The highest BCUT2D eigenvalue weighted by Crippen LogP contribution is 2.31. The molecule has 0 aliphatic heterocycles. The third kappa shape index (κ3) is 4.61. The molecule has 1 aliphatic rings. The molecule has 21 heavy (non-hydrogen) atoms. The number of carbonyl (C=O) groups is 1. The number of halogens is 1. The molecule has 1 aromatic carbocycles. The van der Waals surface area contributed by atoms with Crippen LogP contribution in [0.3, 0.4) is 0 Å². The van der Waals surface area contributed by atoms with Crippen molar-refractivity contribution < 1.29 is 9.18 Å². The molecule has 0 aromatic heterocycles. The van der Waals surface area contributed by atoms with E-state index in [1.165, 1.54) is 12.1 Å². The molecule has 1 N–H and O–H groups in total. The van der Waals surface area contributed by atoms with Gasteiger partial charge in [-0.25, -0.2) is 4.39 Å². The lowest BCUT2D eigenvalue weighted by atomic mass is 9.83. The molecule has 0 spiro atoms. The number of amides is 1. The van der Waals surface area contributed by atoms with Crippen molar-refractivity contribution in [3.8, 4) is 6.07 Å². The van der Waals surface area contributed by atoms with Crippen molar-refractivity contribution >= 4 is 17.7 Å². The van der Waals surface area contributed by atoms with Crippen LogP contribution in [0.2, 0.25) is 0 Å². The summed E-state index contributed by atoms with van der Waals surface area (Å²) >= 11 is 1.64. The Labute approximate surface area is 128 Å². The Morgan fingerprint density at radius 3 is 2.76 bits per heavy atom. The lowest BCUT2D eigenvalue weighted by molar-refractivity contribution is -0.126. The quantitative estimate of drug-likeness (QED) is 0.516. The van der Waals surface area contributed by atoms with E-state index < -0.39 is 0 Å². The summed E-state index contributed by atoms with van der Waals surface area (Å²) in [6.07, 6.45) is 5.70. The molecule has 0 saturated heterocycles. The topological polar surface area (TPSA) is 52.9 Å². The fraction of sp³-hybridized carbons (Fsp3) is 0.375. The van der Waals surface area contributed by atoms with Gasteiger partial charge in [-0.05, 0) is 43.0 Å². The van der Waals surface area contributed by atoms with Gasteiger partial charge in [-0.3, -0.25) is 4.79 Å². The van der Waals surface area contributed by atoms with Crippen LogP contribution in [-0.2, 0) is 4.79 Å². The Hall–Kier alpha value is -1.80. The minimum Gasteiger partial charge on any atom is -0.343 e.